The normalized spacial score (nSPS) is 13.4. The second-order valence-corrected chi connectivity index (χ2v) is 9.70. The highest BCUT2D eigenvalue weighted by molar-refractivity contribution is 7.92. The second-order valence-electron chi connectivity index (χ2n) is 7.25. The van der Waals surface area contributed by atoms with Crippen LogP contribution in [-0.4, -0.2) is 40.7 Å². The average molecular weight is 445 g/mol. The fourth-order valence-corrected chi connectivity index (χ4v) is 3.74. The molecular formula is C21H23N3O6S. The van der Waals surface area contributed by atoms with Crippen molar-refractivity contribution in [3.63, 3.8) is 0 Å². The van der Waals surface area contributed by atoms with Gasteiger partial charge in [-0.05, 0) is 37.5 Å². The molecule has 0 aliphatic heterocycles. The number of nitrogens with zero attached hydrogens (tertiary/aromatic N) is 2. The predicted octanol–water partition coefficient (Wildman–Crippen LogP) is 2.56. The Labute approximate surface area is 179 Å². The summed E-state index contributed by atoms with van der Waals surface area (Å²) in [5.41, 5.74) is 3.11. The summed E-state index contributed by atoms with van der Waals surface area (Å²) in [6.07, 6.45) is 1.31. The van der Waals surface area contributed by atoms with E-state index in [0.717, 1.165) is 17.4 Å². The number of hydrogen-bond acceptors (Lipinski definition) is 8. The molecule has 3 aromatic rings. The second kappa shape index (κ2) is 9.27. The van der Waals surface area contributed by atoms with Crippen molar-refractivity contribution in [3.05, 3.63) is 66.1 Å². The molecule has 1 aromatic heterocycles. The molecule has 1 unspecified atom stereocenters. The maximum absolute atomic E-state index is 12.0. The molecule has 0 spiro atoms. The number of sulfone groups is 1. The van der Waals surface area contributed by atoms with Gasteiger partial charge in [-0.2, -0.15) is 4.98 Å². The van der Waals surface area contributed by atoms with Crippen molar-refractivity contribution in [2.24, 2.45) is 0 Å². The largest absolute Gasteiger partial charge is 0.484 e. The van der Waals surface area contributed by atoms with Gasteiger partial charge in [0.15, 0.2) is 16.4 Å². The van der Waals surface area contributed by atoms with Crippen molar-refractivity contribution in [2.45, 2.75) is 31.1 Å². The Hall–Kier alpha value is -3.24. The molecule has 3 rings (SSSR count). The summed E-state index contributed by atoms with van der Waals surface area (Å²) in [5.74, 6) is 0.434. The summed E-state index contributed by atoms with van der Waals surface area (Å²) in [7, 11) is -3.73. The van der Waals surface area contributed by atoms with Crippen LogP contribution >= 0.6 is 0 Å². The summed E-state index contributed by atoms with van der Waals surface area (Å²) in [6, 6.07) is 16.5. The van der Waals surface area contributed by atoms with Crippen molar-refractivity contribution >= 4 is 15.7 Å². The van der Waals surface area contributed by atoms with E-state index in [1.165, 1.54) is 12.4 Å². The number of hydrogen-bond donors (Lipinski definition) is 2. The van der Waals surface area contributed by atoms with Gasteiger partial charge in [-0.15, -0.1) is 0 Å². The lowest BCUT2D eigenvalue weighted by molar-refractivity contribution is -0.131. The van der Waals surface area contributed by atoms with Crippen LogP contribution in [0.2, 0.25) is 0 Å². The van der Waals surface area contributed by atoms with Gasteiger partial charge in [0.05, 0.1) is 0 Å². The zero-order chi connectivity index (χ0) is 22.5. The Balaban J connectivity index is 1.58. The smallest absolute Gasteiger partial charge is 0.264 e. The molecule has 10 heteroatoms. The van der Waals surface area contributed by atoms with E-state index in [0.29, 0.717) is 23.9 Å². The van der Waals surface area contributed by atoms with E-state index in [4.69, 9.17) is 14.5 Å². The Morgan fingerprint density at radius 1 is 1.16 bits per heavy atom. The molecule has 0 fully saturated rings. The first-order valence-corrected chi connectivity index (χ1v) is 11.4. The van der Waals surface area contributed by atoms with E-state index in [2.05, 4.69) is 10.1 Å². The van der Waals surface area contributed by atoms with Crippen LogP contribution in [0.15, 0.2) is 59.1 Å². The Morgan fingerprint density at radius 2 is 1.84 bits per heavy atom. The van der Waals surface area contributed by atoms with Gasteiger partial charge in [-0.25, -0.2) is 13.9 Å². The van der Waals surface area contributed by atoms with Gasteiger partial charge in [0.1, 0.15) is 10.5 Å². The standard InChI is InChI=1S/C21H23N3O6S/c1-21(20(25)23-26,31(2,27)28)13-12-15-8-10-17(11-9-15)29-14-18-22-19(24-30-18)16-6-4-3-5-7-16/h3-11,26H,12-14H2,1-2H3,(H,23,25). The fraction of sp³-hybridized carbons (Fsp3) is 0.286. The maximum Gasteiger partial charge on any atom is 0.264 e. The lowest BCUT2D eigenvalue weighted by Crippen LogP contribution is -2.49. The highest BCUT2D eigenvalue weighted by atomic mass is 32.2. The van der Waals surface area contributed by atoms with Crippen LogP contribution in [0.25, 0.3) is 11.4 Å². The van der Waals surface area contributed by atoms with Gasteiger partial charge in [0.2, 0.25) is 5.82 Å². The summed E-state index contributed by atoms with van der Waals surface area (Å²) < 4.78 is 33.2. The van der Waals surface area contributed by atoms with Crippen LogP contribution in [-0.2, 0) is 27.7 Å². The lowest BCUT2D eigenvalue weighted by atomic mass is 9.99. The van der Waals surface area contributed by atoms with Gasteiger partial charge in [0.25, 0.3) is 11.8 Å². The number of carbonyl (C=O) groups is 1. The molecule has 0 saturated heterocycles. The van der Waals surface area contributed by atoms with E-state index in [9.17, 15) is 13.2 Å². The quantitative estimate of drug-likeness (QED) is 0.379. The first kappa shape index (κ1) is 22.4. The molecule has 164 valence electrons. The van der Waals surface area contributed by atoms with Crippen molar-refractivity contribution in [2.75, 3.05) is 6.26 Å². The molecule has 1 amide bonds. The minimum atomic E-state index is -3.73. The number of ether oxygens (including phenoxy) is 1. The van der Waals surface area contributed by atoms with E-state index in [1.54, 1.807) is 24.3 Å². The SMILES string of the molecule is CC(CCc1ccc(OCc2nc(-c3ccccc3)no2)cc1)(C(=O)NO)S(C)(=O)=O. The van der Waals surface area contributed by atoms with Crippen LogP contribution in [0.4, 0.5) is 0 Å². The maximum atomic E-state index is 12.0. The molecule has 2 aromatic carbocycles. The number of carbonyl (C=O) groups excluding carboxylic acids is 1. The average Bonchev–Trinajstić information content (AvgIpc) is 3.25. The molecule has 1 heterocycles. The van der Waals surface area contributed by atoms with Gasteiger partial charge in [0, 0.05) is 11.8 Å². The van der Waals surface area contributed by atoms with Crippen molar-refractivity contribution < 1.29 is 27.7 Å². The summed E-state index contributed by atoms with van der Waals surface area (Å²) in [4.78, 5) is 16.2. The molecular weight excluding hydrogens is 422 g/mol. The Morgan fingerprint density at radius 3 is 2.45 bits per heavy atom. The molecule has 9 nitrogen and oxygen atoms in total. The van der Waals surface area contributed by atoms with Crippen LogP contribution in [0.3, 0.4) is 0 Å². The zero-order valence-corrected chi connectivity index (χ0v) is 17.9. The van der Waals surface area contributed by atoms with Crippen molar-refractivity contribution in [3.8, 4) is 17.1 Å². The predicted molar refractivity (Wildman–Crippen MR) is 112 cm³/mol. The topological polar surface area (TPSA) is 132 Å². The number of nitrogens with one attached hydrogen (secondary N) is 1. The number of amides is 1. The molecule has 0 radical (unpaired) electrons. The van der Waals surface area contributed by atoms with Crippen LogP contribution in [0.5, 0.6) is 5.75 Å². The van der Waals surface area contributed by atoms with Crippen LogP contribution in [0, 0.1) is 0 Å². The fourth-order valence-electron chi connectivity index (χ4n) is 2.88. The lowest BCUT2D eigenvalue weighted by Gasteiger charge is -2.25. The van der Waals surface area contributed by atoms with Gasteiger partial charge < -0.3 is 9.26 Å². The van der Waals surface area contributed by atoms with E-state index in [1.807, 2.05) is 30.3 Å². The number of aryl methyl sites for hydroxylation is 1. The monoisotopic (exact) mass is 445 g/mol. The molecule has 0 aliphatic rings. The number of benzene rings is 2. The molecule has 1 atom stereocenters. The third kappa shape index (κ3) is 5.28. The highest BCUT2D eigenvalue weighted by Gasteiger charge is 2.43. The minimum absolute atomic E-state index is 0.0165. The van der Waals surface area contributed by atoms with Gasteiger partial charge in [-0.1, -0.05) is 47.6 Å². The number of hydroxylamine groups is 1. The van der Waals surface area contributed by atoms with Gasteiger partial charge in [-0.3, -0.25) is 10.0 Å². The van der Waals surface area contributed by atoms with E-state index in [-0.39, 0.29) is 13.0 Å². The molecule has 31 heavy (non-hydrogen) atoms. The Bertz CT molecular complexity index is 1130. The zero-order valence-electron chi connectivity index (χ0n) is 17.1. The first-order chi connectivity index (χ1) is 14.7. The van der Waals surface area contributed by atoms with Crippen LogP contribution < -0.4 is 10.2 Å². The van der Waals surface area contributed by atoms with Crippen molar-refractivity contribution in [1.82, 2.24) is 15.6 Å². The molecule has 0 aliphatic carbocycles. The molecule has 2 N–H and O–H groups in total. The van der Waals surface area contributed by atoms with Crippen LogP contribution in [0.1, 0.15) is 24.8 Å². The Kier molecular flexibility index (Phi) is 6.71. The minimum Gasteiger partial charge on any atom is -0.484 e. The van der Waals surface area contributed by atoms with Gasteiger partial charge >= 0.3 is 0 Å². The number of aromatic nitrogens is 2. The highest BCUT2D eigenvalue weighted by Crippen LogP contribution is 2.24. The van der Waals surface area contributed by atoms with E-state index < -0.39 is 20.5 Å². The number of rotatable bonds is 9. The summed E-state index contributed by atoms with van der Waals surface area (Å²) >= 11 is 0. The third-order valence-electron chi connectivity index (χ3n) is 5.08. The van der Waals surface area contributed by atoms with Crippen molar-refractivity contribution in [1.29, 1.82) is 0 Å². The summed E-state index contributed by atoms with van der Waals surface area (Å²) in [6.45, 7) is 1.39. The van der Waals surface area contributed by atoms with E-state index >= 15 is 0 Å². The molecule has 0 saturated carbocycles. The summed E-state index contributed by atoms with van der Waals surface area (Å²) in [5, 5.41) is 12.8. The first-order valence-electron chi connectivity index (χ1n) is 9.47. The molecule has 0 bridgehead atoms. The third-order valence-corrected chi connectivity index (χ3v) is 7.10.